The third-order valence-corrected chi connectivity index (χ3v) is 6.18. The summed E-state index contributed by atoms with van der Waals surface area (Å²) >= 11 is 0. The van der Waals surface area contributed by atoms with Gasteiger partial charge in [0, 0.05) is 0 Å². The number of carbonyl (C=O) groups is 1. The molecule has 2 fully saturated rings. The average Bonchev–Trinajstić information content (AvgIpc) is 3.05. The monoisotopic (exact) mass is 447 g/mol. The number of hydrogen-bond acceptors (Lipinski definition) is 6. The number of carbonyl (C=O) groups excluding carboxylic acids is 1. The average molecular weight is 447 g/mol. The van der Waals surface area contributed by atoms with Crippen LogP contribution in [0.1, 0.15) is 67.9 Å². The molecular weight excluding hydrogens is 409 g/mol. The number of rotatable bonds is 5. The molecule has 178 valence electrons. The van der Waals surface area contributed by atoms with E-state index in [1.807, 2.05) is 86.6 Å². The van der Waals surface area contributed by atoms with Gasteiger partial charge >= 0.3 is 13.2 Å². The fourth-order valence-corrected chi connectivity index (χ4v) is 3.69. The topological polar surface area (TPSA) is 66.5 Å². The second-order valence-corrected chi connectivity index (χ2v) is 11.1. The van der Waals surface area contributed by atoms with Crippen molar-refractivity contribution in [3.05, 3.63) is 29.8 Å². The molecule has 0 saturated carbocycles. The largest absolute Gasteiger partial charge is 0.494 e. The highest BCUT2D eigenvalue weighted by atomic mass is 16.7. The predicted molar refractivity (Wildman–Crippen MR) is 124 cm³/mol. The Kier molecular flexibility index (Phi) is 6.75. The molecule has 2 heterocycles. The summed E-state index contributed by atoms with van der Waals surface area (Å²) in [6, 6.07) is 8.07. The van der Waals surface area contributed by atoms with E-state index in [0.717, 1.165) is 11.0 Å². The molecule has 1 amide bonds. The van der Waals surface area contributed by atoms with Crippen molar-refractivity contribution in [2.24, 2.45) is 0 Å². The van der Waals surface area contributed by atoms with Crippen LogP contribution in [0.4, 0.5) is 4.79 Å². The van der Waals surface area contributed by atoms with E-state index in [1.54, 1.807) is 4.90 Å². The van der Waals surface area contributed by atoms with Crippen molar-refractivity contribution in [2.45, 2.75) is 97.6 Å². The van der Waals surface area contributed by atoms with Gasteiger partial charge in [-0.2, -0.15) is 0 Å². The lowest BCUT2D eigenvalue weighted by Gasteiger charge is -2.32. The Balaban J connectivity index is 1.49. The fraction of sp³-hybridized carbons (Fsp3) is 0.708. The van der Waals surface area contributed by atoms with E-state index in [1.165, 1.54) is 0 Å². The van der Waals surface area contributed by atoms with Gasteiger partial charge in [-0.15, -0.1) is 0 Å². The highest BCUT2D eigenvalue weighted by Gasteiger charge is 2.51. The summed E-state index contributed by atoms with van der Waals surface area (Å²) in [6.45, 7) is 18.8. The Labute approximate surface area is 192 Å². The molecule has 0 N–H and O–H groups in total. The van der Waals surface area contributed by atoms with Crippen LogP contribution in [0, 0.1) is 0 Å². The van der Waals surface area contributed by atoms with Crippen molar-refractivity contribution >= 4 is 18.7 Å². The standard InChI is InChI=1S/C24H38BNO6/c1-21(2,3)30-20(27)26-14-19(29-24(26,8)9)16-28-15-17-10-12-18(13-11-17)25-31-22(4,5)23(6,7)32-25/h10-13,19H,14-16H2,1-9H3. The lowest BCUT2D eigenvalue weighted by molar-refractivity contribution is -0.0939. The van der Waals surface area contributed by atoms with Crippen LogP contribution in [0.2, 0.25) is 0 Å². The molecule has 0 aliphatic carbocycles. The Bertz CT molecular complexity index is 799. The quantitative estimate of drug-likeness (QED) is 0.639. The normalized spacial score (nSPS) is 24.1. The van der Waals surface area contributed by atoms with E-state index < -0.39 is 11.3 Å². The molecule has 1 aromatic carbocycles. The van der Waals surface area contributed by atoms with E-state index in [9.17, 15) is 4.79 Å². The van der Waals surface area contributed by atoms with Crippen LogP contribution < -0.4 is 5.46 Å². The summed E-state index contributed by atoms with van der Waals surface area (Å²) in [7, 11) is -0.372. The van der Waals surface area contributed by atoms with E-state index in [-0.39, 0.29) is 30.5 Å². The second kappa shape index (κ2) is 8.63. The Morgan fingerprint density at radius 1 is 1.06 bits per heavy atom. The third kappa shape index (κ3) is 5.65. The van der Waals surface area contributed by atoms with Gasteiger partial charge in [-0.05, 0) is 73.3 Å². The van der Waals surface area contributed by atoms with Gasteiger partial charge in [0.1, 0.15) is 17.4 Å². The fourth-order valence-electron chi connectivity index (χ4n) is 3.69. The smallest absolute Gasteiger partial charge is 0.444 e. The van der Waals surface area contributed by atoms with Crippen LogP contribution in [0.3, 0.4) is 0 Å². The molecule has 0 bridgehead atoms. The summed E-state index contributed by atoms with van der Waals surface area (Å²) in [5.41, 5.74) is 0.0332. The van der Waals surface area contributed by atoms with E-state index >= 15 is 0 Å². The summed E-state index contributed by atoms with van der Waals surface area (Å²) < 4.78 is 29.6. The molecule has 1 atom stereocenters. The Morgan fingerprint density at radius 3 is 2.16 bits per heavy atom. The second-order valence-electron chi connectivity index (χ2n) is 11.1. The highest BCUT2D eigenvalue weighted by molar-refractivity contribution is 6.62. The molecule has 2 saturated heterocycles. The molecule has 32 heavy (non-hydrogen) atoms. The summed E-state index contributed by atoms with van der Waals surface area (Å²) in [6.07, 6.45) is -0.579. The third-order valence-electron chi connectivity index (χ3n) is 6.18. The SMILES string of the molecule is CC(C)(C)OC(=O)N1CC(COCc2ccc(B3OC(C)(C)C(C)(C)O3)cc2)OC1(C)C. The lowest BCUT2D eigenvalue weighted by Crippen LogP contribution is -2.46. The summed E-state index contributed by atoms with van der Waals surface area (Å²) in [5, 5.41) is 0. The van der Waals surface area contributed by atoms with Crippen LogP contribution in [0.25, 0.3) is 0 Å². The summed E-state index contributed by atoms with van der Waals surface area (Å²) in [5.74, 6) is 0. The minimum absolute atomic E-state index is 0.207. The first-order valence-corrected chi connectivity index (χ1v) is 11.3. The molecule has 0 spiro atoms. The number of nitrogens with zero attached hydrogens (tertiary/aromatic N) is 1. The van der Waals surface area contributed by atoms with Crippen LogP contribution >= 0.6 is 0 Å². The molecule has 2 aliphatic heterocycles. The zero-order chi connectivity index (χ0) is 23.9. The maximum absolute atomic E-state index is 12.5. The van der Waals surface area contributed by atoms with Crippen molar-refractivity contribution in [2.75, 3.05) is 13.2 Å². The van der Waals surface area contributed by atoms with Gasteiger partial charge in [-0.3, -0.25) is 4.90 Å². The molecule has 3 rings (SSSR count). The maximum Gasteiger partial charge on any atom is 0.494 e. The van der Waals surface area contributed by atoms with Gasteiger partial charge in [0.25, 0.3) is 0 Å². The molecule has 8 heteroatoms. The van der Waals surface area contributed by atoms with Crippen LogP contribution in [-0.4, -0.2) is 59.9 Å². The molecule has 1 aromatic rings. The molecule has 2 aliphatic rings. The summed E-state index contributed by atoms with van der Waals surface area (Å²) in [4.78, 5) is 14.1. The molecule has 7 nitrogen and oxygen atoms in total. The molecule has 0 aromatic heterocycles. The van der Waals surface area contributed by atoms with Crippen LogP contribution in [0.5, 0.6) is 0 Å². The van der Waals surface area contributed by atoms with E-state index in [4.69, 9.17) is 23.5 Å². The first-order chi connectivity index (χ1) is 14.6. The minimum atomic E-state index is -0.735. The van der Waals surface area contributed by atoms with Gasteiger partial charge in [0.05, 0.1) is 31.0 Å². The minimum Gasteiger partial charge on any atom is -0.444 e. The first-order valence-electron chi connectivity index (χ1n) is 11.3. The first kappa shape index (κ1) is 25.0. The van der Waals surface area contributed by atoms with Crippen LogP contribution in [-0.2, 0) is 30.1 Å². The lowest BCUT2D eigenvalue weighted by atomic mass is 9.79. The number of hydrogen-bond donors (Lipinski definition) is 0. The number of ether oxygens (including phenoxy) is 3. The zero-order valence-corrected chi connectivity index (χ0v) is 21.0. The van der Waals surface area contributed by atoms with E-state index in [0.29, 0.717) is 19.8 Å². The molecule has 0 radical (unpaired) electrons. The van der Waals surface area contributed by atoms with Gasteiger partial charge < -0.3 is 23.5 Å². The van der Waals surface area contributed by atoms with Crippen molar-refractivity contribution < 1.29 is 28.3 Å². The zero-order valence-electron chi connectivity index (χ0n) is 21.0. The van der Waals surface area contributed by atoms with E-state index in [2.05, 4.69) is 0 Å². The molecular formula is C24H38BNO6. The van der Waals surface area contributed by atoms with Gasteiger partial charge in [0.2, 0.25) is 0 Å². The van der Waals surface area contributed by atoms with Gasteiger partial charge in [-0.1, -0.05) is 24.3 Å². The maximum atomic E-state index is 12.5. The molecule has 1 unspecified atom stereocenters. The Hall–Kier alpha value is -1.61. The van der Waals surface area contributed by atoms with Crippen molar-refractivity contribution in [3.63, 3.8) is 0 Å². The predicted octanol–water partition coefficient (Wildman–Crippen LogP) is 3.87. The van der Waals surface area contributed by atoms with Gasteiger partial charge in [-0.25, -0.2) is 4.79 Å². The number of benzene rings is 1. The highest BCUT2D eigenvalue weighted by Crippen LogP contribution is 2.36. The number of amides is 1. The van der Waals surface area contributed by atoms with Crippen molar-refractivity contribution in [1.82, 2.24) is 4.90 Å². The van der Waals surface area contributed by atoms with Gasteiger partial charge in [0.15, 0.2) is 0 Å². The van der Waals surface area contributed by atoms with Crippen molar-refractivity contribution in [1.29, 1.82) is 0 Å². The van der Waals surface area contributed by atoms with Crippen molar-refractivity contribution in [3.8, 4) is 0 Å². The Morgan fingerprint density at radius 2 is 1.62 bits per heavy atom. The van der Waals surface area contributed by atoms with Crippen LogP contribution in [0.15, 0.2) is 24.3 Å².